The topological polar surface area (TPSA) is 36.3 Å². The van der Waals surface area contributed by atoms with Crippen molar-refractivity contribution in [1.29, 1.82) is 5.41 Å². The Morgan fingerprint density at radius 2 is 2.04 bits per heavy atom. The van der Waals surface area contributed by atoms with Gasteiger partial charge in [0.25, 0.3) is 0 Å². The van der Waals surface area contributed by atoms with Gasteiger partial charge in [-0.25, -0.2) is 0 Å². The van der Waals surface area contributed by atoms with Gasteiger partial charge in [0.15, 0.2) is 0 Å². The fraction of sp³-hybridized carbons (Fsp3) is 0.682. The number of ether oxygens (including phenoxy) is 1. The third-order valence-corrected chi connectivity index (χ3v) is 5.97. The molecule has 0 spiro atoms. The first-order valence-corrected chi connectivity index (χ1v) is 10.1. The van der Waals surface area contributed by atoms with Gasteiger partial charge in [-0.1, -0.05) is 52.2 Å². The van der Waals surface area contributed by atoms with E-state index in [-0.39, 0.29) is 23.7 Å². The molecule has 4 heteroatoms. The van der Waals surface area contributed by atoms with Crippen LogP contribution in [0.2, 0.25) is 0 Å². The summed E-state index contributed by atoms with van der Waals surface area (Å²) in [6.45, 7) is 13.1. The maximum atomic E-state index is 8.07. The highest BCUT2D eigenvalue weighted by atomic mass is 35.5. The minimum absolute atomic E-state index is 0. The van der Waals surface area contributed by atoms with Crippen molar-refractivity contribution in [2.75, 3.05) is 26.2 Å². The van der Waals surface area contributed by atoms with Gasteiger partial charge < -0.3 is 9.64 Å². The number of piperidine rings is 1. The molecule has 1 aromatic carbocycles. The number of likely N-dealkylation sites (tertiary alicyclic amines) is 1. The van der Waals surface area contributed by atoms with Crippen LogP contribution < -0.4 is 0 Å². The molecule has 0 amide bonds. The normalized spacial score (nSPS) is 23.3. The number of nitrogens with zero attached hydrogens (tertiary/aromatic N) is 1. The van der Waals surface area contributed by atoms with Gasteiger partial charge in [0, 0.05) is 12.1 Å². The third-order valence-electron chi connectivity index (χ3n) is 5.97. The Balaban J connectivity index is 0.00000338. The van der Waals surface area contributed by atoms with Gasteiger partial charge in [0.1, 0.15) is 0 Å². The molecule has 1 saturated heterocycles. The molecule has 26 heavy (non-hydrogen) atoms. The summed E-state index contributed by atoms with van der Waals surface area (Å²) >= 11 is 0. The highest BCUT2D eigenvalue weighted by Gasteiger charge is 2.37. The van der Waals surface area contributed by atoms with E-state index in [9.17, 15) is 0 Å². The van der Waals surface area contributed by atoms with Crippen LogP contribution in [-0.4, -0.2) is 37.0 Å². The zero-order valence-electron chi connectivity index (χ0n) is 17.0. The lowest BCUT2D eigenvalue weighted by Crippen LogP contribution is -2.47. The second-order valence-corrected chi connectivity index (χ2v) is 7.77. The number of rotatable bonds is 8. The van der Waals surface area contributed by atoms with Crippen LogP contribution in [0.1, 0.15) is 70.9 Å². The van der Waals surface area contributed by atoms with Gasteiger partial charge >= 0.3 is 0 Å². The molecule has 148 valence electrons. The Morgan fingerprint density at radius 1 is 1.27 bits per heavy atom. The Kier molecular flexibility index (Phi) is 9.67. The Hall–Kier alpha value is -1.06. The Morgan fingerprint density at radius 3 is 2.69 bits per heavy atom. The van der Waals surface area contributed by atoms with Crippen molar-refractivity contribution in [1.82, 2.24) is 4.90 Å². The number of unbranched alkanes of at least 4 members (excludes halogenated alkanes) is 3. The molecule has 2 atom stereocenters. The standard InChI is InChI=1S/C22H36N2O.ClH/c1-5-7-8-9-14-24-15-13-22(4,18(3)17-24)20-12-10-11-19(16-20)21(23)25-6-2;/h10-12,16,18,23H,5-9,13-15,17H2,1-4H3;1H. The molecule has 1 aromatic rings. The fourth-order valence-corrected chi connectivity index (χ4v) is 3.95. The van der Waals surface area contributed by atoms with E-state index in [0.29, 0.717) is 12.5 Å². The number of benzene rings is 1. The van der Waals surface area contributed by atoms with Crippen molar-refractivity contribution in [3.05, 3.63) is 35.4 Å². The van der Waals surface area contributed by atoms with Crippen molar-refractivity contribution in [2.45, 2.75) is 65.2 Å². The summed E-state index contributed by atoms with van der Waals surface area (Å²) < 4.78 is 5.39. The van der Waals surface area contributed by atoms with E-state index in [1.165, 1.54) is 57.3 Å². The van der Waals surface area contributed by atoms with Crippen molar-refractivity contribution < 1.29 is 4.74 Å². The first kappa shape index (κ1) is 23.0. The summed E-state index contributed by atoms with van der Waals surface area (Å²) in [6, 6.07) is 8.47. The molecule has 0 aromatic heterocycles. The quantitative estimate of drug-likeness (QED) is 0.359. The van der Waals surface area contributed by atoms with Gasteiger partial charge in [-0.15, -0.1) is 12.4 Å². The first-order valence-electron chi connectivity index (χ1n) is 10.1. The molecular formula is C22H37ClN2O. The zero-order chi connectivity index (χ0) is 18.3. The molecule has 1 heterocycles. The smallest absolute Gasteiger partial charge is 0.213 e. The molecular weight excluding hydrogens is 344 g/mol. The summed E-state index contributed by atoms with van der Waals surface area (Å²) in [5, 5.41) is 8.07. The Labute approximate surface area is 166 Å². The van der Waals surface area contributed by atoms with Crippen LogP contribution in [0.4, 0.5) is 0 Å². The van der Waals surface area contributed by atoms with E-state index in [2.05, 4.69) is 43.9 Å². The molecule has 2 unspecified atom stereocenters. The van der Waals surface area contributed by atoms with Gasteiger partial charge in [0.05, 0.1) is 6.61 Å². The van der Waals surface area contributed by atoms with Gasteiger partial charge in [-0.3, -0.25) is 5.41 Å². The average Bonchev–Trinajstić information content (AvgIpc) is 2.62. The van der Waals surface area contributed by atoms with E-state index >= 15 is 0 Å². The molecule has 0 bridgehead atoms. The largest absolute Gasteiger partial charge is 0.478 e. The van der Waals surface area contributed by atoms with E-state index in [0.717, 1.165) is 5.56 Å². The van der Waals surface area contributed by atoms with Crippen LogP contribution in [0, 0.1) is 11.3 Å². The maximum Gasteiger partial charge on any atom is 0.213 e. The van der Waals surface area contributed by atoms with Gasteiger partial charge in [0.2, 0.25) is 5.90 Å². The molecule has 2 rings (SSSR count). The van der Waals surface area contributed by atoms with Crippen molar-refractivity contribution in [3.63, 3.8) is 0 Å². The maximum absolute atomic E-state index is 8.07. The summed E-state index contributed by atoms with van der Waals surface area (Å²) in [5.74, 6) is 0.901. The molecule has 0 radical (unpaired) electrons. The van der Waals surface area contributed by atoms with Crippen LogP contribution >= 0.6 is 12.4 Å². The molecule has 0 aliphatic carbocycles. The van der Waals surface area contributed by atoms with Crippen LogP contribution in [0.3, 0.4) is 0 Å². The lowest BCUT2D eigenvalue weighted by atomic mass is 9.68. The average molecular weight is 381 g/mol. The highest BCUT2D eigenvalue weighted by molar-refractivity contribution is 5.91. The summed E-state index contributed by atoms with van der Waals surface area (Å²) in [4.78, 5) is 2.65. The van der Waals surface area contributed by atoms with Crippen LogP contribution in [0.25, 0.3) is 0 Å². The predicted molar refractivity (Wildman–Crippen MR) is 114 cm³/mol. The summed E-state index contributed by atoms with van der Waals surface area (Å²) in [7, 11) is 0. The van der Waals surface area contributed by atoms with E-state index in [4.69, 9.17) is 10.1 Å². The van der Waals surface area contributed by atoms with Crippen molar-refractivity contribution in [3.8, 4) is 0 Å². The zero-order valence-corrected chi connectivity index (χ0v) is 17.8. The molecule has 3 nitrogen and oxygen atoms in total. The first-order chi connectivity index (χ1) is 12.0. The minimum Gasteiger partial charge on any atom is -0.478 e. The monoisotopic (exact) mass is 380 g/mol. The second kappa shape index (κ2) is 10.9. The van der Waals surface area contributed by atoms with Crippen molar-refractivity contribution in [2.24, 2.45) is 5.92 Å². The van der Waals surface area contributed by atoms with Crippen LogP contribution in [-0.2, 0) is 10.2 Å². The molecule has 1 fully saturated rings. The number of halogens is 1. The lowest BCUT2D eigenvalue weighted by molar-refractivity contribution is 0.109. The van der Waals surface area contributed by atoms with Crippen LogP contribution in [0.15, 0.2) is 24.3 Å². The van der Waals surface area contributed by atoms with E-state index in [1.54, 1.807) is 0 Å². The van der Waals surface area contributed by atoms with Crippen molar-refractivity contribution >= 4 is 18.3 Å². The number of nitrogens with one attached hydrogen (secondary N) is 1. The molecule has 1 aliphatic rings. The Bertz CT molecular complexity index is 563. The molecule has 1 N–H and O–H groups in total. The molecule has 0 saturated carbocycles. The SMILES string of the molecule is CCCCCCN1CCC(C)(c2cccc(C(=N)OCC)c2)C(C)C1.Cl. The van der Waals surface area contributed by atoms with Crippen LogP contribution in [0.5, 0.6) is 0 Å². The fourth-order valence-electron chi connectivity index (χ4n) is 3.95. The summed E-state index contributed by atoms with van der Waals surface area (Å²) in [5.41, 5.74) is 2.44. The van der Waals surface area contributed by atoms with E-state index < -0.39 is 0 Å². The summed E-state index contributed by atoms with van der Waals surface area (Å²) in [6.07, 6.45) is 6.55. The van der Waals surface area contributed by atoms with E-state index in [1.807, 2.05) is 13.0 Å². The number of hydrogen-bond donors (Lipinski definition) is 1. The van der Waals surface area contributed by atoms with Gasteiger partial charge in [-0.2, -0.15) is 0 Å². The lowest BCUT2D eigenvalue weighted by Gasteiger charge is -2.45. The second-order valence-electron chi connectivity index (χ2n) is 7.77. The minimum atomic E-state index is 0. The number of hydrogen-bond acceptors (Lipinski definition) is 3. The third kappa shape index (κ3) is 5.72. The van der Waals surface area contributed by atoms with Gasteiger partial charge in [-0.05, 0) is 61.9 Å². The molecule has 1 aliphatic heterocycles. The highest BCUT2D eigenvalue weighted by Crippen LogP contribution is 2.39. The predicted octanol–water partition coefficient (Wildman–Crippen LogP) is 5.65.